The first-order valence-corrected chi connectivity index (χ1v) is 11.6. The number of aliphatic carboxylic acids is 1. The number of alkyl halides is 3. The Hall–Kier alpha value is -3.00. The van der Waals surface area contributed by atoms with Crippen molar-refractivity contribution in [1.82, 2.24) is 4.98 Å². The number of halogens is 3. The van der Waals surface area contributed by atoms with Gasteiger partial charge in [-0.2, -0.15) is 13.2 Å². The molecular formula is C26H26F3NO4. The van der Waals surface area contributed by atoms with Gasteiger partial charge in [0, 0.05) is 22.5 Å². The van der Waals surface area contributed by atoms with Crippen LogP contribution < -0.4 is 4.74 Å². The maximum Gasteiger partial charge on any atom is 0.416 e. The second-order valence-corrected chi connectivity index (χ2v) is 9.43. The number of hydrogen-bond acceptors (Lipinski definition) is 3. The normalized spacial score (nSPS) is 22.3. The molecule has 180 valence electrons. The van der Waals surface area contributed by atoms with Gasteiger partial charge in [0.15, 0.2) is 0 Å². The number of fused-ring (bicyclic) bond motifs is 3. The minimum absolute atomic E-state index is 0.00356. The van der Waals surface area contributed by atoms with Crippen molar-refractivity contribution in [2.75, 3.05) is 0 Å². The van der Waals surface area contributed by atoms with Gasteiger partial charge in [0.25, 0.3) is 0 Å². The number of hydrogen-bond donors (Lipinski definition) is 3. The van der Waals surface area contributed by atoms with Crippen molar-refractivity contribution in [3.63, 3.8) is 0 Å². The molecule has 2 aliphatic rings. The first-order valence-electron chi connectivity index (χ1n) is 11.6. The summed E-state index contributed by atoms with van der Waals surface area (Å²) in [5.74, 6) is -0.601. The molecule has 5 nitrogen and oxygen atoms in total. The maximum atomic E-state index is 13.8. The third-order valence-corrected chi connectivity index (χ3v) is 7.16. The minimum Gasteiger partial charge on any atom is -0.489 e. The number of aromatic amines is 1. The number of carboxylic acid groups (broad SMARTS) is 1. The lowest BCUT2D eigenvalue weighted by Gasteiger charge is -2.19. The van der Waals surface area contributed by atoms with Gasteiger partial charge in [-0.15, -0.1) is 0 Å². The molecule has 2 aliphatic carbocycles. The molecule has 0 aliphatic heterocycles. The van der Waals surface area contributed by atoms with Crippen LogP contribution in [-0.2, 0) is 24.0 Å². The van der Waals surface area contributed by atoms with Gasteiger partial charge in [0.1, 0.15) is 12.4 Å². The second-order valence-electron chi connectivity index (χ2n) is 9.43. The monoisotopic (exact) mass is 473 g/mol. The fourth-order valence-corrected chi connectivity index (χ4v) is 5.53. The quantitative estimate of drug-likeness (QED) is 0.416. The van der Waals surface area contributed by atoms with Crippen LogP contribution in [0.1, 0.15) is 71.9 Å². The minimum atomic E-state index is -4.48. The molecule has 0 bridgehead atoms. The molecule has 1 saturated carbocycles. The van der Waals surface area contributed by atoms with Crippen molar-refractivity contribution >= 4 is 16.9 Å². The second kappa shape index (κ2) is 8.65. The van der Waals surface area contributed by atoms with E-state index in [4.69, 9.17) is 9.84 Å². The van der Waals surface area contributed by atoms with Gasteiger partial charge >= 0.3 is 12.1 Å². The molecule has 5 rings (SSSR count). The Bertz CT molecular complexity index is 1230. The maximum absolute atomic E-state index is 13.8. The Balaban J connectivity index is 1.35. The van der Waals surface area contributed by atoms with Crippen LogP contribution in [0.3, 0.4) is 0 Å². The highest BCUT2D eigenvalue weighted by atomic mass is 19.4. The summed E-state index contributed by atoms with van der Waals surface area (Å²) in [6.07, 6.45) is -1.95. The topological polar surface area (TPSA) is 82.5 Å². The Kier molecular flexibility index (Phi) is 5.80. The van der Waals surface area contributed by atoms with Gasteiger partial charge < -0.3 is 19.9 Å². The van der Waals surface area contributed by atoms with Crippen molar-refractivity contribution in [2.24, 2.45) is 0 Å². The fourth-order valence-electron chi connectivity index (χ4n) is 5.53. The number of nitrogens with one attached hydrogen (secondary N) is 1. The van der Waals surface area contributed by atoms with Crippen LogP contribution in [0.25, 0.3) is 10.9 Å². The van der Waals surface area contributed by atoms with Crippen molar-refractivity contribution in [2.45, 2.75) is 69.2 Å². The zero-order chi connectivity index (χ0) is 24.0. The highest BCUT2D eigenvalue weighted by molar-refractivity contribution is 5.87. The van der Waals surface area contributed by atoms with Gasteiger partial charge in [-0.3, -0.25) is 4.79 Å². The molecule has 2 aromatic carbocycles. The number of H-pyrrole nitrogens is 1. The van der Waals surface area contributed by atoms with Crippen LogP contribution in [0.4, 0.5) is 13.2 Å². The lowest BCUT2D eigenvalue weighted by atomic mass is 9.91. The van der Waals surface area contributed by atoms with E-state index in [2.05, 4.69) is 4.98 Å². The number of aliphatic hydroxyl groups excluding tert-OH is 1. The predicted molar refractivity (Wildman–Crippen MR) is 120 cm³/mol. The third-order valence-electron chi connectivity index (χ3n) is 7.16. The summed E-state index contributed by atoms with van der Waals surface area (Å²) in [5.41, 5.74) is 2.96. The largest absolute Gasteiger partial charge is 0.489 e. The Morgan fingerprint density at radius 2 is 1.94 bits per heavy atom. The highest BCUT2D eigenvalue weighted by Gasteiger charge is 2.37. The fraction of sp³-hybridized carbons (Fsp3) is 0.423. The van der Waals surface area contributed by atoms with E-state index < -0.39 is 23.8 Å². The van der Waals surface area contributed by atoms with Crippen molar-refractivity contribution in [3.8, 4) is 5.75 Å². The van der Waals surface area contributed by atoms with Gasteiger partial charge in [-0.25, -0.2) is 0 Å². The molecule has 0 amide bonds. The first kappa shape index (κ1) is 22.8. The Morgan fingerprint density at radius 3 is 2.65 bits per heavy atom. The molecular weight excluding hydrogens is 447 g/mol. The molecule has 34 heavy (non-hydrogen) atoms. The van der Waals surface area contributed by atoms with E-state index in [1.165, 1.54) is 6.07 Å². The Morgan fingerprint density at radius 1 is 1.12 bits per heavy atom. The van der Waals surface area contributed by atoms with E-state index in [0.29, 0.717) is 30.6 Å². The summed E-state index contributed by atoms with van der Waals surface area (Å²) in [6, 6.07) is 9.83. The van der Waals surface area contributed by atoms with E-state index >= 15 is 0 Å². The summed E-state index contributed by atoms with van der Waals surface area (Å²) in [7, 11) is 0. The molecule has 0 saturated heterocycles. The molecule has 1 aromatic heterocycles. The summed E-state index contributed by atoms with van der Waals surface area (Å²) in [6.45, 7) is -0.00356. The molecule has 0 spiro atoms. The van der Waals surface area contributed by atoms with Crippen LogP contribution in [-0.4, -0.2) is 27.3 Å². The van der Waals surface area contributed by atoms with Gasteiger partial charge in [-0.05, 0) is 79.0 Å². The number of rotatable bonds is 6. The van der Waals surface area contributed by atoms with Crippen LogP contribution >= 0.6 is 0 Å². The van der Waals surface area contributed by atoms with E-state index in [0.717, 1.165) is 41.1 Å². The van der Waals surface area contributed by atoms with Gasteiger partial charge in [0.05, 0.1) is 18.1 Å². The molecule has 0 radical (unpaired) electrons. The van der Waals surface area contributed by atoms with E-state index in [-0.39, 0.29) is 30.4 Å². The van der Waals surface area contributed by atoms with Crippen molar-refractivity contribution in [3.05, 3.63) is 64.3 Å². The number of aliphatic hydroxyl groups is 1. The smallest absolute Gasteiger partial charge is 0.416 e. The standard InChI is InChI=1S/C26H26F3NO4/c27-26(28,29)22-9-14(1-6-19(22)15-2-4-17(31)10-15)13-34-18-5-8-23-21(12-18)20-7-3-16(11-24(32)33)25(20)30-23/h1,5-6,8-9,12,15-17,30-31H,2-4,7,10-11,13H2,(H,32,33)/t15-,16+,17-/m1/s1. The molecule has 0 unspecified atom stereocenters. The van der Waals surface area contributed by atoms with Crippen LogP contribution in [0, 0.1) is 0 Å². The molecule has 1 heterocycles. The number of aromatic nitrogens is 1. The molecule has 1 fully saturated rings. The van der Waals surface area contributed by atoms with Crippen molar-refractivity contribution < 1.29 is 32.9 Å². The molecule has 3 atom stereocenters. The SMILES string of the molecule is O=C(O)C[C@@H]1CCc2c1[nH]c1ccc(OCc3ccc([C@@H]4CC[C@@H](O)C4)c(C(F)(F)F)c3)cc21. The zero-order valence-corrected chi connectivity index (χ0v) is 18.5. The van der Waals surface area contributed by atoms with Crippen LogP contribution in [0.5, 0.6) is 5.75 Å². The highest BCUT2D eigenvalue weighted by Crippen LogP contribution is 2.43. The Labute approximate surface area is 194 Å². The van der Waals surface area contributed by atoms with E-state index in [1.807, 2.05) is 12.1 Å². The molecule has 8 heteroatoms. The van der Waals surface area contributed by atoms with Crippen LogP contribution in [0.15, 0.2) is 36.4 Å². The number of ether oxygens (including phenoxy) is 1. The predicted octanol–water partition coefficient (Wildman–Crippen LogP) is 5.90. The number of benzene rings is 2. The van der Waals surface area contributed by atoms with Crippen LogP contribution in [0.2, 0.25) is 0 Å². The van der Waals surface area contributed by atoms with E-state index in [1.54, 1.807) is 12.1 Å². The van der Waals surface area contributed by atoms with E-state index in [9.17, 15) is 23.1 Å². The lowest BCUT2D eigenvalue weighted by Crippen LogP contribution is -2.13. The van der Waals surface area contributed by atoms with Gasteiger partial charge in [0.2, 0.25) is 0 Å². The van der Waals surface area contributed by atoms with Crippen molar-refractivity contribution in [1.29, 1.82) is 0 Å². The summed E-state index contributed by atoms with van der Waals surface area (Å²) in [5, 5.41) is 19.9. The number of carboxylic acids is 1. The average Bonchev–Trinajstić information content (AvgIpc) is 3.47. The summed E-state index contributed by atoms with van der Waals surface area (Å²) in [4.78, 5) is 14.5. The first-order chi connectivity index (χ1) is 16.2. The molecule has 3 aromatic rings. The number of aryl methyl sites for hydroxylation is 1. The zero-order valence-electron chi connectivity index (χ0n) is 18.5. The summed E-state index contributed by atoms with van der Waals surface area (Å²) < 4.78 is 47.2. The van der Waals surface area contributed by atoms with Gasteiger partial charge in [-0.1, -0.05) is 12.1 Å². The molecule has 3 N–H and O–H groups in total. The summed E-state index contributed by atoms with van der Waals surface area (Å²) >= 11 is 0. The third kappa shape index (κ3) is 4.39. The lowest BCUT2D eigenvalue weighted by molar-refractivity contribution is -0.139. The average molecular weight is 473 g/mol. The number of carbonyl (C=O) groups is 1.